The number of anilines is 1. The molecule has 0 saturated heterocycles. The molecule has 0 amide bonds. The number of nitrogens with two attached hydrogens (primary N) is 1. The second kappa shape index (κ2) is 3.76. The number of rotatable bonds is 1. The number of hydrogen-bond donors (Lipinski definition) is 1. The van der Waals surface area contributed by atoms with Crippen molar-refractivity contribution in [1.82, 2.24) is 9.55 Å². The zero-order valence-electron chi connectivity index (χ0n) is 8.25. The van der Waals surface area contributed by atoms with Crippen molar-refractivity contribution in [2.45, 2.75) is 0 Å². The van der Waals surface area contributed by atoms with Crippen molar-refractivity contribution in [2.75, 3.05) is 5.73 Å². The number of aromatic nitrogens is 2. The minimum absolute atomic E-state index is 0.103. The van der Waals surface area contributed by atoms with Gasteiger partial charge in [0.25, 0.3) is 0 Å². The molecule has 5 nitrogen and oxygen atoms in total. The molecular formula is C11H7N5. The molecule has 2 N–H and O–H groups in total. The van der Waals surface area contributed by atoms with E-state index in [1.54, 1.807) is 24.3 Å². The van der Waals surface area contributed by atoms with Gasteiger partial charge in [-0.05, 0) is 12.1 Å². The molecule has 5 heteroatoms. The molecule has 0 aliphatic heterocycles. The van der Waals surface area contributed by atoms with Gasteiger partial charge in [-0.25, -0.2) is 4.98 Å². The van der Waals surface area contributed by atoms with E-state index >= 15 is 0 Å². The van der Waals surface area contributed by atoms with Gasteiger partial charge in [-0.3, -0.25) is 4.57 Å². The molecule has 1 aromatic heterocycles. The van der Waals surface area contributed by atoms with Crippen molar-refractivity contribution >= 4 is 5.69 Å². The molecule has 0 spiro atoms. The van der Waals surface area contributed by atoms with Crippen LogP contribution in [0, 0.1) is 22.7 Å². The Morgan fingerprint density at radius 2 is 1.94 bits per heavy atom. The molecule has 1 aromatic carbocycles. The van der Waals surface area contributed by atoms with Crippen LogP contribution in [-0.4, -0.2) is 9.55 Å². The topological polar surface area (TPSA) is 91.4 Å². The molecule has 0 aliphatic rings. The third-order valence-corrected chi connectivity index (χ3v) is 2.18. The molecule has 76 valence electrons. The first kappa shape index (κ1) is 9.75. The van der Waals surface area contributed by atoms with Crippen LogP contribution in [0.25, 0.3) is 5.69 Å². The fraction of sp³-hybridized carbons (Fsp3) is 0. The lowest BCUT2D eigenvalue weighted by Gasteiger charge is -2.06. The number of para-hydroxylation sites is 2. The van der Waals surface area contributed by atoms with Gasteiger partial charge >= 0.3 is 0 Å². The molecule has 2 aromatic rings. The number of imidazole rings is 1. The van der Waals surface area contributed by atoms with Crippen molar-refractivity contribution in [2.24, 2.45) is 0 Å². The van der Waals surface area contributed by atoms with Crippen LogP contribution in [0.15, 0.2) is 30.6 Å². The van der Waals surface area contributed by atoms with E-state index in [0.717, 1.165) is 0 Å². The van der Waals surface area contributed by atoms with Gasteiger partial charge in [-0.2, -0.15) is 10.5 Å². The van der Waals surface area contributed by atoms with E-state index in [4.69, 9.17) is 16.3 Å². The van der Waals surface area contributed by atoms with Gasteiger partial charge < -0.3 is 5.73 Å². The van der Waals surface area contributed by atoms with Crippen molar-refractivity contribution in [3.63, 3.8) is 0 Å². The van der Waals surface area contributed by atoms with E-state index in [9.17, 15) is 0 Å². The average molecular weight is 209 g/mol. The maximum Gasteiger partial charge on any atom is 0.177 e. The molecule has 0 saturated carbocycles. The molecule has 0 bridgehead atoms. The molecule has 16 heavy (non-hydrogen) atoms. The summed E-state index contributed by atoms with van der Waals surface area (Å²) in [5.41, 5.74) is 7.26. The lowest BCUT2D eigenvalue weighted by atomic mass is 10.2. The number of nitrogen functional groups attached to an aromatic ring is 1. The zero-order valence-corrected chi connectivity index (χ0v) is 8.25. The summed E-state index contributed by atoms with van der Waals surface area (Å²) in [6, 6.07) is 10.9. The lowest BCUT2D eigenvalue weighted by molar-refractivity contribution is 1.04. The first-order chi connectivity index (χ1) is 7.77. The molecular weight excluding hydrogens is 202 g/mol. The van der Waals surface area contributed by atoms with Crippen LogP contribution in [0.1, 0.15) is 11.4 Å². The van der Waals surface area contributed by atoms with Crippen LogP contribution in [0.2, 0.25) is 0 Å². The second-order valence-corrected chi connectivity index (χ2v) is 3.09. The summed E-state index contributed by atoms with van der Waals surface area (Å²) in [5, 5.41) is 17.7. The summed E-state index contributed by atoms with van der Waals surface area (Å²) < 4.78 is 1.51. The van der Waals surface area contributed by atoms with Crippen LogP contribution in [0.3, 0.4) is 0 Å². The maximum atomic E-state index is 8.97. The van der Waals surface area contributed by atoms with Crippen molar-refractivity contribution in [3.8, 4) is 17.8 Å². The van der Waals surface area contributed by atoms with E-state index in [2.05, 4.69) is 4.98 Å². The number of benzene rings is 1. The highest BCUT2D eigenvalue weighted by atomic mass is 15.1. The summed E-state index contributed by atoms with van der Waals surface area (Å²) in [6.07, 6.45) is 1.42. The third-order valence-electron chi connectivity index (χ3n) is 2.18. The Morgan fingerprint density at radius 3 is 2.56 bits per heavy atom. The summed E-state index contributed by atoms with van der Waals surface area (Å²) in [4.78, 5) is 3.85. The summed E-state index contributed by atoms with van der Waals surface area (Å²) >= 11 is 0. The smallest absolute Gasteiger partial charge is 0.177 e. The molecule has 2 rings (SSSR count). The molecule has 0 radical (unpaired) electrons. The fourth-order valence-electron chi connectivity index (χ4n) is 1.43. The third kappa shape index (κ3) is 1.37. The molecule has 0 aliphatic carbocycles. The van der Waals surface area contributed by atoms with Crippen LogP contribution < -0.4 is 5.73 Å². The molecule has 0 atom stereocenters. The Labute approximate surface area is 92.0 Å². The first-order valence-corrected chi connectivity index (χ1v) is 4.50. The number of nitriles is 2. The minimum Gasteiger partial charge on any atom is -0.397 e. The minimum atomic E-state index is 0.103. The summed E-state index contributed by atoms with van der Waals surface area (Å²) in [5.74, 6) is 0. The first-order valence-electron chi connectivity index (χ1n) is 4.50. The Kier molecular flexibility index (Phi) is 2.29. The highest BCUT2D eigenvalue weighted by Gasteiger charge is 2.12. The van der Waals surface area contributed by atoms with Crippen molar-refractivity contribution in [1.29, 1.82) is 10.5 Å². The molecule has 1 heterocycles. The Hall–Kier alpha value is -2.79. The Balaban J connectivity index is 2.68. The Morgan fingerprint density at radius 1 is 1.19 bits per heavy atom. The highest BCUT2D eigenvalue weighted by Crippen LogP contribution is 2.19. The van der Waals surface area contributed by atoms with Gasteiger partial charge in [0.15, 0.2) is 11.4 Å². The Bertz CT molecular complexity index is 612. The van der Waals surface area contributed by atoms with Gasteiger partial charge in [-0.15, -0.1) is 0 Å². The largest absolute Gasteiger partial charge is 0.397 e. The van der Waals surface area contributed by atoms with Gasteiger partial charge in [0.2, 0.25) is 0 Å². The monoisotopic (exact) mass is 209 g/mol. The van der Waals surface area contributed by atoms with Gasteiger partial charge in [0, 0.05) is 0 Å². The standard InChI is InChI=1S/C11H7N5/c12-5-9-11(6-13)16(7-15-9)10-4-2-1-3-8(10)14/h1-4,7H,14H2. The van der Waals surface area contributed by atoms with Crippen LogP contribution in [0.4, 0.5) is 5.69 Å². The number of nitrogens with zero attached hydrogens (tertiary/aromatic N) is 4. The molecule has 0 fully saturated rings. The molecule has 0 unspecified atom stereocenters. The highest BCUT2D eigenvalue weighted by molar-refractivity contribution is 5.59. The van der Waals surface area contributed by atoms with Crippen LogP contribution >= 0.6 is 0 Å². The van der Waals surface area contributed by atoms with Gasteiger partial charge in [0.05, 0.1) is 11.4 Å². The van der Waals surface area contributed by atoms with Crippen LogP contribution in [-0.2, 0) is 0 Å². The van der Waals surface area contributed by atoms with E-state index in [1.165, 1.54) is 10.9 Å². The van der Waals surface area contributed by atoms with Gasteiger partial charge in [0.1, 0.15) is 18.5 Å². The SMILES string of the molecule is N#Cc1ncn(-c2ccccc2N)c1C#N. The second-order valence-electron chi connectivity index (χ2n) is 3.09. The predicted molar refractivity (Wildman–Crippen MR) is 57.4 cm³/mol. The van der Waals surface area contributed by atoms with Crippen molar-refractivity contribution in [3.05, 3.63) is 42.0 Å². The fourth-order valence-corrected chi connectivity index (χ4v) is 1.43. The summed E-state index contributed by atoms with van der Waals surface area (Å²) in [6.45, 7) is 0. The normalized spacial score (nSPS) is 9.38. The van der Waals surface area contributed by atoms with E-state index in [-0.39, 0.29) is 11.4 Å². The van der Waals surface area contributed by atoms with Crippen LogP contribution in [0.5, 0.6) is 0 Å². The van der Waals surface area contributed by atoms with E-state index in [0.29, 0.717) is 11.4 Å². The van der Waals surface area contributed by atoms with E-state index in [1.807, 2.05) is 12.1 Å². The van der Waals surface area contributed by atoms with E-state index < -0.39 is 0 Å². The van der Waals surface area contributed by atoms with Crippen molar-refractivity contribution < 1.29 is 0 Å². The average Bonchev–Trinajstić information content (AvgIpc) is 2.72. The quantitative estimate of drug-likeness (QED) is 0.714. The van der Waals surface area contributed by atoms with Gasteiger partial charge in [-0.1, -0.05) is 12.1 Å². The zero-order chi connectivity index (χ0) is 11.5. The number of hydrogen-bond acceptors (Lipinski definition) is 4. The predicted octanol–water partition coefficient (Wildman–Crippen LogP) is 1.20. The summed E-state index contributed by atoms with van der Waals surface area (Å²) in [7, 11) is 0. The maximum absolute atomic E-state index is 8.97. The lowest BCUT2D eigenvalue weighted by Crippen LogP contribution is -2.00.